The Hall–Kier alpha value is -0.940. The molecule has 1 N–H and O–H groups in total. The molecule has 1 aromatic rings. The van der Waals surface area contributed by atoms with Crippen molar-refractivity contribution in [2.45, 2.75) is 39.3 Å². The van der Waals surface area contributed by atoms with Gasteiger partial charge in [-0.3, -0.25) is 10.1 Å². The van der Waals surface area contributed by atoms with Gasteiger partial charge in [0.15, 0.2) is 0 Å². The molecule has 0 fully saturated rings. The van der Waals surface area contributed by atoms with Crippen LogP contribution in [0.4, 0.5) is 5.69 Å². The number of hydrogen-bond acceptors (Lipinski definition) is 3. The lowest BCUT2D eigenvalue weighted by Gasteiger charge is -2.24. The van der Waals surface area contributed by atoms with Crippen molar-refractivity contribution in [2.24, 2.45) is 0 Å². The van der Waals surface area contributed by atoms with Crippen molar-refractivity contribution in [2.75, 3.05) is 0 Å². The van der Waals surface area contributed by atoms with Gasteiger partial charge >= 0.3 is 0 Å². The number of halogens is 1. The van der Waals surface area contributed by atoms with E-state index < -0.39 is 0 Å². The van der Waals surface area contributed by atoms with Gasteiger partial charge in [0.2, 0.25) is 0 Å². The van der Waals surface area contributed by atoms with E-state index in [2.05, 4.69) is 42.0 Å². The van der Waals surface area contributed by atoms with Crippen LogP contribution in [-0.4, -0.2) is 10.5 Å². The van der Waals surface area contributed by atoms with Crippen LogP contribution in [0.15, 0.2) is 22.7 Å². The van der Waals surface area contributed by atoms with Gasteiger partial charge in [-0.2, -0.15) is 0 Å². The lowest BCUT2D eigenvalue weighted by Crippen LogP contribution is -2.37. The number of hydrogen-bond donors (Lipinski definition) is 1. The molecule has 0 bridgehead atoms. The topological polar surface area (TPSA) is 55.2 Å². The molecule has 0 spiro atoms. The van der Waals surface area contributed by atoms with Crippen molar-refractivity contribution >= 4 is 21.6 Å². The van der Waals surface area contributed by atoms with Crippen molar-refractivity contribution in [1.29, 1.82) is 0 Å². The van der Waals surface area contributed by atoms with Crippen molar-refractivity contribution < 1.29 is 4.92 Å². The Balaban J connectivity index is 2.86. The summed E-state index contributed by atoms with van der Waals surface area (Å²) >= 11 is 3.29. The fourth-order valence-corrected chi connectivity index (χ4v) is 1.85. The Morgan fingerprint density at radius 3 is 2.65 bits per heavy atom. The maximum atomic E-state index is 10.8. The third-order valence-corrected chi connectivity index (χ3v) is 3.81. The van der Waals surface area contributed by atoms with E-state index in [1.54, 1.807) is 6.07 Å². The third kappa shape index (κ3) is 3.78. The van der Waals surface area contributed by atoms with E-state index in [1.807, 2.05) is 6.07 Å². The summed E-state index contributed by atoms with van der Waals surface area (Å²) in [7, 11) is 0. The molecule has 0 aromatic heterocycles. The molecule has 5 heteroatoms. The van der Waals surface area contributed by atoms with Crippen LogP contribution in [-0.2, 0) is 6.54 Å². The number of rotatable bonds is 5. The summed E-state index contributed by atoms with van der Waals surface area (Å²) in [5.74, 6) is 0. The van der Waals surface area contributed by atoms with Gasteiger partial charge in [-0.1, -0.05) is 19.1 Å². The summed E-state index contributed by atoms with van der Waals surface area (Å²) in [6, 6.07) is 5.09. The predicted octanol–water partition coefficient (Wildman–Crippen LogP) is 3.64. The normalized spacial score (nSPS) is 11.5. The monoisotopic (exact) mass is 300 g/mol. The minimum absolute atomic E-state index is 0.0318. The summed E-state index contributed by atoms with van der Waals surface area (Å²) in [6.07, 6.45) is 1.000. The largest absolute Gasteiger partial charge is 0.308 e. The molecule has 0 atom stereocenters. The molecule has 0 saturated carbocycles. The van der Waals surface area contributed by atoms with Crippen LogP contribution in [0, 0.1) is 10.1 Å². The van der Waals surface area contributed by atoms with E-state index in [9.17, 15) is 10.1 Å². The summed E-state index contributed by atoms with van der Waals surface area (Å²) in [4.78, 5) is 10.4. The first kappa shape index (κ1) is 14.1. The number of nitrogens with zero attached hydrogens (tertiary/aromatic N) is 1. The van der Waals surface area contributed by atoms with Crippen LogP contribution >= 0.6 is 15.9 Å². The highest BCUT2D eigenvalue weighted by atomic mass is 79.9. The Kier molecular flexibility index (Phi) is 4.65. The Bertz CT molecular complexity index is 419. The number of benzene rings is 1. The van der Waals surface area contributed by atoms with E-state index in [1.165, 1.54) is 6.07 Å². The first-order valence-electron chi connectivity index (χ1n) is 5.54. The fourth-order valence-electron chi connectivity index (χ4n) is 1.30. The molecule has 1 rings (SSSR count). The molecule has 0 aliphatic heterocycles. The molecular formula is C12H17BrN2O2. The van der Waals surface area contributed by atoms with E-state index in [-0.39, 0.29) is 16.1 Å². The van der Waals surface area contributed by atoms with Crippen LogP contribution in [0.2, 0.25) is 0 Å². The van der Waals surface area contributed by atoms with Gasteiger partial charge in [-0.05, 0) is 41.8 Å². The van der Waals surface area contributed by atoms with Gasteiger partial charge in [0.25, 0.3) is 5.69 Å². The smallest absolute Gasteiger partial charge is 0.283 e. The fraction of sp³-hybridized carbons (Fsp3) is 0.500. The molecule has 94 valence electrons. The highest BCUT2D eigenvalue weighted by Crippen LogP contribution is 2.28. The van der Waals surface area contributed by atoms with E-state index in [0.29, 0.717) is 11.0 Å². The molecule has 17 heavy (non-hydrogen) atoms. The van der Waals surface area contributed by atoms with Gasteiger partial charge < -0.3 is 5.32 Å². The molecule has 0 heterocycles. The summed E-state index contributed by atoms with van der Waals surface area (Å²) in [6.45, 7) is 6.94. The van der Waals surface area contributed by atoms with Crippen LogP contribution < -0.4 is 5.32 Å². The van der Waals surface area contributed by atoms with Crippen molar-refractivity contribution in [3.05, 3.63) is 38.3 Å². The molecule has 1 aromatic carbocycles. The zero-order valence-electron chi connectivity index (χ0n) is 10.3. The van der Waals surface area contributed by atoms with Gasteiger partial charge in [-0.25, -0.2) is 0 Å². The highest BCUT2D eigenvalue weighted by Gasteiger charge is 2.18. The first-order valence-corrected chi connectivity index (χ1v) is 6.33. The van der Waals surface area contributed by atoms with E-state index in [4.69, 9.17) is 0 Å². The molecule has 0 aliphatic carbocycles. The Labute approximate surface area is 110 Å². The molecule has 4 nitrogen and oxygen atoms in total. The molecular weight excluding hydrogens is 284 g/mol. The average Bonchev–Trinajstić information content (AvgIpc) is 2.27. The molecule has 0 amide bonds. The minimum Gasteiger partial charge on any atom is -0.308 e. The van der Waals surface area contributed by atoms with Gasteiger partial charge in [0.05, 0.1) is 9.40 Å². The van der Waals surface area contributed by atoms with Gasteiger partial charge in [0, 0.05) is 18.2 Å². The first-order chi connectivity index (χ1) is 7.87. The van der Waals surface area contributed by atoms with Crippen LogP contribution in [0.1, 0.15) is 32.8 Å². The summed E-state index contributed by atoms with van der Waals surface area (Å²) < 4.78 is 0.560. The highest BCUT2D eigenvalue weighted by molar-refractivity contribution is 9.10. The number of nitro groups is 1. The van der Waals surface area contributed by atoms with Crippen molar-refractivity contribution in [3.8, 4) is 0 Å². The molecule has 0 saturated heterocycles. The second kappa shape index (κ2) is 5.60. The second-order valence-electron chi connectivity index (χ2n) is 4.60. The Morgan fingerprint density at radius 2 is 2.12 bits per heavy atom. The SMILES string of the molecule is CCC(C)(C)NCc1cccc([N+](=O)[O-])c1Br. The van der Waals surface area contributed by atoms with Crippen molar-refractivity contribution in [3.63, 3.8) is 0 Å². The van der Waals surface area contributed by atoms with Crippen LogP contribution in [0.25, 0.3) is 0 Å². The molecule has 0 radical (unpaired) electrons. The Morgan fingerprint density at radius 1 is 1.47 bits per heavy atom. The maximum absolute atomic E-state index is 10.8. The van der Waals surface area contributed by atoms with E-state index in [0.717, 1.165) is 12.0 Å². The van der Waals surface area contributed by atoms with Crippen LogP contribution in [0.3, 0.4) is 0 Å². The average molecular weight is 301 g/mol. The summed E-state index contributed by atoms with van der Waals surface area (Å²) in [5, 5.41) is 14.2. The van der Waals surface area contributed by atoms with Crippen molar-refractivity contribution in [1.82, 2.24) is 5.32 Å². The minimum atomic E-state index is -0.376. The lowest BCUT2D eigenvalue weighted by molar-refractivity contribution is -0.385. The van der Waals surface area contributed by atoms with Crippen LogP contribution in [0.5, 0.6) is 0 Å². The zero-order chi connectivity index (χ0) is 13.1. The third-order valence-electron chi connectivity index (χ3n) is 2.90. The molecule has 0 unspecified atom stereocenters. The standard InChI is InChI=1S/C12H17BrN2O2/c1-4-12(2,3)14-8-9-6-5-7-10(11(9)13)15(16)17/h5-7,14H,4,8H2,1-3H3. The second-order valence-corrected chi connectivity index (χ2v) is 5.39. The zero-order valence-corrected chi connectivity index (χ0v) is 11.9. The number of nitrogens with one attached hydrogen (secondary N) is 1. The van der Waals surface area contributed by atoms with Gasteiger partial charge in [0.1, 0.15) is 0 Å². The number of nitro benzene ring substituents is 1. The lowest BCUT2D eigenvalue weighted by atomic mass is 10.0. The molecule has 0 aliphatic rings. The van der Waals surface area contributed by atoms with Gasteiger partial charge in [-0.15, -0.1) is 0 Å². The van der Waals surface area contributed by atoms with E-state index >= 15 is 0 Å². The predicted molar refractivity (Wildman–Crippen MR) is 72.0 cm³/mol. The maximum Gasteiger partial charge on any atom is 0.283 e. The quantitative estimate of drug-likeness (QED) is 0.667. The summed E-state index contributed by atoms with van der Waals surface area (Å²) in [5.41, 5.74) is 1.05.